The number of nitrogens with one attached hydrogen (secondary N) is 1. The van der Waals surface area contributed by atoms with Crippen molar-refractivity contribution in [2.75, 3.05) is 0 Å². The lowest BCUT2D eigenvalue weighted by Gasteiger charge is -1.96. The topological polar surface area (TPSA) is 84.7 Å². The summed E-state index contributed by atoms with van der Waals surface area (Å²) in [6.45, 7) is 1.70. The Bertz CT molecular complexity index is 538. The number of hydrogen-bond donors (Lipinski definition) is 1. The van der Waals surface area contributed by atoms with Gasteiger partial charge in [0, 0.05) is 6.92 Å². The van der Waals surface area contributed by atoms with Gasteiger partial charge in [0.2, 0.25) is 5.89 Å². The molecule has 2 aromatic heterocycles. The number of H-pyrrole nitrogens is 1. The number of aromatic amines is 1. The predicted octanol–water partition coefficient (Wildman–Crippen LogP) is 1.22. The minimum Gasteiger partial charge on any atom is -0.416 e. The van der Waals surface area contributed by atoms with Crippen LogP contribution < -0.4 is 5.56 Å². The van der Waals surface area contributed by atoms with Crippen LogP contribution in [0.25, 0.3) is 0 Å². The maximum atomic E-state index is 11.3. The average molecular weight is 336 g/mol. The third-order valence-corrected chi connectivity index (χ3v) is 3.67. The first-order chi connectivity index (χ1) is 7.16. The van der Waals surface area contributed by atoms with Gasteiger partial charge in [-0.3, -0.25) is 4.79 Å². The van der Waals surface area contributed by atoms with E-state index in [0.29, 0.717) is 19.7 Å². The van der Waals surface area contributed by atoms with Gasteiger partial charge in [-0.2, -0.15) is 0 Å². The molecule has 1 N–H and O–H groups in total. The SMILES string of the molecule is Cc1nnc(Sc2nc[nH]c(=O)c2I)o1. The molecule has 8 heteroatoms. The standard InChI is InChI=1S/C7H5IN4O2S/c1-3-11-12-7(14-3)15-6-4(8)5(13)9-2-10-6/h2H,1H3,(H,9,10,13). The highest BCUT2D eigenvalue weighted by molar-refractivity contribution is 14.1. The summed E-state index contributed by atoms with van der Waals surface area (Å²) in [4.78, 5) is 17.7. The molecule has 0 spiro atoms. The molecule has 0 radical (unpaired) electrons. The maximum absolute atomic E-state index is 11.3. The number of hydrogen-bond acceptors (Lipinski definition) is 6. The Hall–Kier alpha value is -0.900. The number of aryl methyl sites for hydroxylation is 1. The van der Waals surface area contributed by atoms with Crippen molar-refractivity contribution >= 4 is 34.4 Å². The molecular formula is C7H5IN4O2S. The monoisotopic (exact) mass is 336 g/mol. The molecule has 0 aliphatic rings. The molecule has 0 saturated carbocycles. The number of rotatable bonds is 2. The molecule has 2 rings (SSSR count). The van der Waals surface area contributed by atoms with E-state index in [2.05, 4.69) is 20.2 Å². The molecule has 0 amide bonds. The molecule has 0 aliphatic heterocycles. The van der Waals surface area contributed by atoms with Crippen LogP contribution in [0.15, 0.2) is 25.8 Å². The van der Waals surface area contributed by atoms with E-state index in [1.807, 2.05) is 22.6 Å². The molecule has 0 saturated heterocycles. The lowest BCUT2D eigenvalue weighted by molar-refractivity contribution is 0.429. The minimum atomic E-state index is -0.177. The van der Waals surface area contributed by atoms with Crippen LogP contribution in [0.4, 0.5) is 0 Å². The summed E-state index contributed by atoms with van der Waals surface area (Å²) >= 11 is 3.09. The number of nitrogens with zero attached hydrogens (tertiary/aromatic N) is 3. The van der Waals surface area contributed by atoms with Crippen molar-refractivity contribution in [1.82, 2.24) is 20.2 Å². The summed E-state index contributed by atoms with van der Waals surface area (Å²) in [6.07, 6.45) is 1.34. The largest absolute Gasteiger partial charge is 0.416 e. The summed E-state index contributed by atoms with van der Waals surface area (Å²) < 4.78 is 5.68. The van der Waals surface area contributed by atoms with Crippen molar-refractivity contribution < 1.29 is 4.42 Å². The summed E-state index contributed by atoms with van der Waals surface area (Å²) in [5, 5.41) is 8.42. The minimum absolute atomic E-state index is 0.177. The van der Waals surface area contributed by atoms with Crippen molar-refractivity contribution in [3.63, 3.8) is 0 Å². The first kappa shape index (κ1) is 10.6. The third-order valence-electron chi connectivity index (χ3n) is 1.46. The van der Waals surface area contributed by atoms with Crippen molar-refractivity contribution in [3.8, 4) is 0 Å². The molecule has 2 aromatic rings. The lowest BCUT2D eigenvalue weighted by atomic mass is 10.7. The Kier molecular flexibility index (Phi) is 3.05. The zero-order valence-corrected chi connectivity index (χ0v) is 10.5. The van der Waals surface area contributed by atoms with Crippen LogP contribution in [-0.2, 0) is 0 Å². The van der Waals surface area contributed by atoms with Crippen LogP contribution in [0.5, 0.6) is 0 Å². The molecule has 0 unspecified atom stereocenters. The second-order valence-corrected chi connectivity index (χ2v) is 4.56. The Labute approximate surface area is 102 Å². The van der Waals surface area contributed by atoms with Crippen molar-refractivity contribution in [3.05, 3.63) is 26.1 Å². The van der Waals surface area contributed by atoms with Crippen molar-refractivity contribution in [2.45, 2.75) is 17.2 Å². The highest BCUT2D eigenvalue weighted by atomic mass is 127. The Morgan fingerprint density at radius 3 is 3.00 bits per heavy atom. The normalized spacial score (nSPS) is 10.5. The fraction of sp³-hybridized carbons (Fsp3) is 0.143. The molecule has 15 heavy (non-hydrogen) atoms. The lowest BCUT2D eigenvalue weighted by Crippen LogP contribution is -2.10. The highest BCUT2D eigenvalue weighted by Crippen LogP contribution is 2.26. The Morgan fingerprint density at radius 1 is 1.53 bits per heavy atom. The molecule has 0 aliphatic carbocycles. The Balaban J connectivity index is 2.32. The van der Waals surface area contributed by atoms with Crippen molar-refractivity contribution in [2.24, 2.45) is 0 Å². The Morgan fingerprint density at radius 2 is 2.33 bits per heavy atom. The molecule has 6 nitrogen and oxygen atoms in total. The van der Waals surface area contributed by atoms with Crippen LogP contribution in [0.3, 0.4) is 0 Å². The summed E-state index contributed by atoms with van der Waals surface area (Å²) in [5.41, 5.74) is -0.177. The second-order valence-electron chi connectivity index (χ2n) is 2.54. The van der Waals surface area contributed by atoms with Gasteiger partial charge < -0.3 is 9.40 Å². The van der Waals surface area contributed by atoms with Gasteiger partial charge >= 0.3 is 0 Å². The summed E-state index contributed by atoms with van der Waals surface area (Å²) in [6, 6.07) is 0. The van der Waals surface area contributed by atoms with Crippen LogP contribution in [0, 0.1) is 10.5 Å². The quantitative estimate of drug-likeness (QED) is 0.656. The zero-order valence-electron chi connectivity index (χ0n) is 7.52. The van der Waals surface area contributed by atoms with Gasteiger partial charge in [-0.1, -0.05) is 0 Å². The van der Waals surface area contributed by atoms with Gasteiger partial charge in [0.05, 0.1) is 6.33 Å². The molecule has 2 heterocycles. The van der Waals surface area contributed by atoms with Crippen molar-refractivity contribution in [1.29, 1.82) is 0 Å². The van der Waals surface area contributed by atoms with Gasteiger partial charge in [-0.15, -0.1) is 10.2 Å². The first-order valence-electron chi connectivity index (χ1n) is 3.88. The van der Waals surface area contributed by atoms with Gasteiger partial charge in [0.15, 0.2) is 0 Å². The van der Waals surface area contributed by atoms with E-state index >= 15 is 0 Å². The smallest absolute Gasteiger partial charge is 0.282 e. The van der Waals surface area contributed by atoms with E-state index in [9.17, 15) is 4.79 Å². The average Bonchev–Trinajstić information content (AvgIpc) is 2.59. The summed E-state index contributed by atoms with van der Waals surface area (Å²) in [5.74, 6) is 0.484. The molecule has 0 atom stereocenters. The van der Waals surface area contributed by atoms with Crippen LogP contribution >= 0.6 is 34.4 Å². The second kappa shape index (κ2) is 4.31. The van der Waals surface area contributed by atoms with Crippen LogP contribution in [0.2, 0.25) is 0 Å². The van der Waals surface area contributed by atoms with Crippen LogP contribution in [0.1, 0.15) is 5.89 Å². The van der Waals surface area contributed by atoms with E-state index in [-0.39, 0.29) is 5.56 Å². The highest BCUT2D eigenvalue weighted by Gasteiger charge is 2.11. The molecular weight excluding hydrogens is 331 g/mol. The molecule has 0 fully saturated rings. The van der Waals surface area contributed by atoms with E-state index in [0.717, 1.165) is 0 Å². The van der Waals surface area contributed by atoms with E-state index in [4.69, 9.17) is 4.42 Å². The third kappa shape index (κ3) is 2.37. The molecule has 78 valence electrons. The number of halogens is 1. The van der Waals surface area contributed by atoms with Gasteiger partial charge in [-0.25, -0.2) is 4.98 Å². The molecule has 0 bridgehead atoms. The van der Waals surface area contributed by atoms with Gasteiger partial charge in [-0.05, 0) is 34.4 Å². The number of aromatic nitrogens is 4. The summed E-state index contributed by atoms with van der Waals surface area (Å²) in [7, 11) is 0. The maximum Gasteiger partial charge on any atom is 0.282 e. The fourth-order valence-corrected chi connectivity index (χ4v) is 2.16. The van der Waals surface area contributed by atoms with E-state index < -0.39 is 0 Å². The predicted molar refractivity (Wildman–Crippen MR) is 60.7 cm³/mol. The van der Waals surface area contributed by atoms with E-state index in [1.165, 1.54) is 18.1 Å². The van der Waals surface area contributed by atoms with E-state index in [1.54, 1.807) is 6.92 Å². The van der Waals surface area contributed by atoms with Gasteiger partial charge in [0.25, 0.3) is 10.8 Å². The van der Waals surface area contributed by atoms with Crippen LogP contribution in [-0.4, -0.2) is 20.2 Å². The van der Waals surface area contributed by atoms with Gasteiger partial charge in [0.1, 0.15) is 8.60 Å². The molecule has 0 aromatic carbocycles. The fourth-order valence-electron chi connectivity index (χ4n) is 0.840. The first-order valence-corrected chi connectivity index (χ1v) is 5.77. The zero-order chi connectivity index (χ0) is 10.8.